The molecule has 0 N–H and O–H groups in total. The van der Waals surface area contributed by atoms with Crippen molar-refractivity contribution in [1.82, 2.24) is 19.9 Å². The van der Waals surface area contributed by atoms with Gasteiger partial charge in [-0.2, -0.15) is 0 Å². The lowest BCUT2D eigenvalue weighted by atomic mass is 10.2. The third-order valence-corrected chi connectivity index (χ3v) is 6.84. The van der Waals surface area contributed by atoms with Crippen LogP contribution in [0.4, 0.5) is 0 Å². The Morgan fingerprint density at radius 2 is 1.81 bits per heavy atom. The minimum atomic E-state index is -3.47. The molecule has 9 heteroatoms. The van der Waals surface area contributed by atoms with Crippen molar-refractivity contribution < 1.29 is 13.2 Å². The molecule has 3 aromatic rings. The number of aromatic nitrogens is 3. The van der Waals surface area contributed by atoms with E-state index in [1.54, 1.807) is 12.1 Å². The van der Waals surface area contributed by atoms with Gasteiger partial charge in [0.1, 0.15) is 17.3 Å². The van der Waals surface area contributed by atoms with E-state index in [2.05, 4.69) is 10.3 Å². The van der Waals surface area contributed by atoms with Gasteiger partial charge in [-0.05, 0) is 36.4 Å². The molecule has 0 spiro atoms. The summed E-state index contributed by atoms with van der Waals surface area (Å²) in [6.45, 7) is 0.390. The highest BCUT2D eigenvalue weighted by molar-refractivity contribution is 7.92. The van der Waals surface area contributed by atoms with Crippen molar-refractivity contribution in [1.29, 1.82) is 0 Å². The molecule has 2 aromatic carbocycles. The maximum atomic E-state index is 12.6. The Morgan fingerprint density at radius 3 is 2.54 bits per heavy atom. The van der Waals surface area contributed by atoms with Crippen LogP contribution in [-0.2, 0) is 21.2 Å². The minimum Gasteiger partial charge on any atom is -0.338 e. The van der Waals surface area contributed by atoms with Crippen LogP contribution in [0, 0.1) is 0 Å². The number of halogens is 1. The molecule has 0 aliphatic carbocycles. The summed E-state index contributed by atoms with van der Waals surface area (Å²) >= 11 is 5.80. The molecule has 0 atom stereocenters. The van der Waals surface area contributed by atoms with Crippen molar-refractivity contribution in [2.45, 2.75) is 16.7 Å². The summed E-state index contributed by atoms with van der Waals surface area (Å²) in [5.74, 6) is -0.178. The molecular formula is C17H15ClN4O3S. The first kappa shape index (κ1) is 17.0. The van der Waals surface area contributed by atoms with Crippen LogP contribution in [0.15, 0.2) is 53.4 Å². The van der Waals surface area contributed by atoms with Crippen LogP contribution in [0.1, 0.15) is 0 Å². The number of nitrogens with zero attached hydrogens (tertiary/aromatic N) is 4. The predicted molar refractivity (Wildman–Crippen MR) is 96.5 cm³/mol. The van der Waals surface area contributed by atoms with Crippen LogP contribution in [-0.4, -0.2) is 52.6 Å². The highest BCUT2D eigenvalue weighted by Gasteiger charge is 2.40. The summed E-state index contributed by atoms with van der Waals surface area (Å²) in [7, 11) is -3.47. The van der Waals surface area contributed by atoms with E-state index < -0.39 is 15.1 Å². The number of fused-ring (bicyclic) bond motifs is 1. The fourth-order valence-corrected chi connectivity index (χ4v) is 4.70. The average Bonchev–Trinajstić information content (AvgIpc) is 2.97. The van der Waals surface area contributed by atoms with Gasteiger partial charge < -0.3 is 4.90 Å². The van der Waals surface area contributed by atoms with Gasteiger partial charge in [0.05, 0.1) is 10.4 Å². The Kier molecular flexibility index (Phi) is 4.16. The van der Waals surface area contributed by atoms with Crippen LogP contribution in [0.5, 0.6) is 0 Å². The molecule has 1 aromatic heterocycles. The fourth-order valence-electron chi connectivity index (χ4n) is 2.92. The Morgan fingerprint density at radius 1 is 1.12 bits per heavy atom. The zero-order valence-corrected chi connectivity index (χ0v) is 15.2. The van der Waals surface area contributed by atoms with Crippen molar-refractivity contribution in [3.63, 3.8) is 0 Å². The maximum absolute atomic E-state index is 12.6. The van der Waals surface area contributed by atoms with Gasteiger partial charge in [-0.1, -0.05) is 28.9 Å². The average molecular weight is 391 g/mol. The van der Waals surface area contributed by atoms with Gasteiger partial charge in [0.15, 0.2) is 9.84 Å². The number of hydrogen-bond acceptors (Lipinski definition) is 5. The van der Waals surface area contributed by atoms with Crippen LogP contribution in [0.3, 0.4) is 0 Å². The van der Waals surface area contributed by atoms with E-state index in [4.69, 9.17) is 11.6 Å². The first-order valence-corrected chi connectivity index (χ1v) is 9.93. The first-order valence-electron chi connectivity index (χ1n) is 8.00. The van der Waals surface area contributed by atoms with E-state index in [1.807, 2.05) is 24.3 Å². The fraction of sp³-hybridized carbons (Fsp3) is 0.235. The molecule has 1 fully saturated rings. The second-order valence-electron chi connectivity index (χ2n) is 6.16. The van der Waals surface area contributed by atoms with E-state index in [0.717, 1.165) is 5.52 Å². The van der Waals surface area contributed by atoms with Crippen LogP contribution >= 0.6 is 11.6 Å². The van der Waals surface area contributed by atoms with E-state index in [-0.39, 0.29) is 30.4 Å². The largest absolute Gasteiger partial charge is 0.338 e. The molecule has 1 saturated heterocycles. The van der Waals surface area contributed by atoms with Crippen LogP contribution in [0.25, 0.3) is 11.0 Å². The number of carbonyl (C=O) groups excluding carboxylic acids is 1. The number of benzene rings is 2. The summed E-state index contributed by atoms with van der Waals surface area (Å²) in [6.07, 6.45) is 0. The van der Waals surface area contributed by atoms with E-state index in [1.165, 1.54) is 21.7 Å². The van der Waals surface area contributed by atoms with Gasteiger partial charge in [0.25, 0.3) is 0 Å². The van der Waals surface area contributed by atoms with Gasteiger partial charge in [-0.3, -0.25) is 4.79 Å². The molecule has 1 aliphatic heterocycles. The summed E-state index contributed by atoms with van der Waals surface area (Å²) < 4.78 is 26.7. The number of amides is 1. The molecule has 4 rings (SSSR count). The second kappa shape index (κ2) is 6.37. The Hall–Kier alpha value is -2.45. The summed E-state index contributed by atoms with van der Waals surface area (Å²) in [6, 6.07) is 13.4. The standard InChI is InChI=1S/C17H15ClN4O3S/c18-12-5-7-13(8-6-12)26(24,25)14-9-21(10-14)17(23)11-22-16-4-2-1-3-15(16)19-20-22/h1-8,14H,9-11H2. The molecule has 134 valence electrons. The molecular weight excluding hydrogens is 376 g/mol. The SMILES string of the molecule is O=C(Cn1nnc2ccccc21)N1CC(S(=O)(=O)c2ccc(Cl)cc2)C1. The van der Waals surface area contributed by atoms with Gasteiger partial charge in [0.2, 0.25) is 5.91 Å². The zero-order valence-electron chi connectivity index (χ0n) is 13.6. The normalized spacial score (nSPS) is 15.2. The number of rotatable bonds is 4. The third-order valence-electron chi connectivity index (χ3n) is 4.49. The van der Waals surface area contributed by atoms with Crippen molar-refractivity contribution in [2.75, 3.05) is 13.1 Å². The number of sulfone groups is 1. The molecule has 0 unspecified atom stereocenters. The smallest absolute Gasteiger partial charge is 0.244 e. The third kappa shape index (κ3) is 2.95. The summed E-state index contributed by atoms with van der Waals surface area (Å²) in [5.41, 5.74) is 1.49. The van der Waals surface area contributed by atoms with Crippen molar-refractivity contribution in [3.8, 4) is 0 Å². The molecule has 0 radical (unpaired) electrons. The first-order chi connectivity index (χ1) is 12.4. The monoisotopic (exact) mass is 390 g/mol. The molecule has 0 bridgehead atoms. The molecule has 1 aliphatic rings. The van der Waals surface area contributed by atoms with E-state index in [9.17, 15) is 13.2 Å². The lowest BCUT2D eigenvalue weighted by Gasteiger charge is -2.38. The Labute approximate surface area is 155 Å². The lowest BCUT2D eigenvalue weighted by molar-refractivity contribution is -0.135. The molecule has 2 heterocycles. The van der Waals surface area contributed by atoms with Crippen molar-refractivity contribution >= 4 is 38.4 Å². The Bertz CT molecular complexity index is 1070. The lowest BCUT2D eigenvalue weighted by Crippen LogP contribution is -2.57. The number of carbonyl (C=O) groups is 1. The van der Waals surface area contributed by atoms with E-state index in [0.29, 0.717) is 10.5 Å². The molecule has 7 nitrogen and oxygen atoms in total. The summed E-state index contributed by atoms with van der Waals surface area (Å²) in [4.78, 5) is 14.2. The van der Waals surface area contributed by atoms with Crippen LogP contribution < -0.4 is 0 Å². The maximum Gasteiger partial charge on any atom is 0.244 e. The highest BCUT2D eigenvalue weighted by atomic mass is 35.5. The van der Waals surface area contributed by atoms with E-state index >= 15 is 0 Å². The Balaban J connectivity index is 1.42. The highest BCUT2D eigenvalue weighted by Crippen LogP contribution is 2.25. The molecule has 1 amide bonds. The topological polar surface area (TPSA) is 85.2 Å². The van der Waals surface area contributed by atoms with Gasteiger partial charge >= 0.3 is 0 Å². The number of para-hydroxylation sites is 1. The van der Waals surface area contributed by atoms with Gasteiger partial charge in [-0.25, -0.2) is 13.1 Å². The zero-order chi connectivity index (χ0) is 18.3. The van der Waals surface area contributed by atoms with Crippen molar-refractivity contribution in [3.05, 3.63) is 53.6 Å². The number of hydrogen-bond donors (Lipinski definition) is 0. The van der Waals surface area contributed by atoms with Gasteiger partial charge in [-0.15, -0.1) is 5.10 Å². The van der Waals surface area contributed by atoms with Gasteiger partial charge in [0, 0.05) is 18.1 Å². The van der Waals surface area contributed by atoms with Crippen LogP contribution in [0.2, 0.25) is 5.02 Å². The predicted octanol–water partition coefficient (Wildman–Crippen LogP) is 1.77. The van der Waals surface area contributed by atoms with Crippen molar-refractivity contribution in [2.24, 2.45) is 0 Å². The molecule has 0 saturated carbocycles. The quantitative estimate of drug-likeness (QED) is 0.677. The second-order valence-corrected chi connectivity index (χ2v) is 8.82. The number of likely N-dealkylation sites (tertiary alicyclic amines) is 1. The minimum absolute atomic E-state index is 0.0359. The summed E-state index contributed by atoms with van der Waals surface area (Å²) in [5, 5.41) is 7.88. The molecule has 26 heavy (non-hydrogen) atoms.